The molecule has 0 unspecified atom stereocenters. The molecule has 3 aromatic rings. The van der Waals surface area contributed by atoms with Crippen LogP contribution in [0, 0.1) is 20.8 Å². The number of rotatable bonds is 10. The number of anilines is 1. The molecular weight excluding hydrogens is 472 g/mol. The Kier molecular flexibility index (Phi) is 8.73. The molecule has 182 valence electrons. The Bertz CT molecular complexity index is 1190. The molecule has 0 fully saturated rings. The predicted molar refractivity (Wildman–Crippen MR) is 135 cm³/mol. The molecule has 0 saturated heterocycles. The van der Waals surface area contributed by atoms with Crippen molar-refractivity contribution in [2.24, 2.45) is 0 Å². The number of benzene rings is 1. The van der Waals surface area contributed by atoms with Gasteiger partial charge < -0.3 is 19.4 Å². The number of thioether (sulfide) groups is 1. The van der Waals surface area contributed by atoms with E-state index in [1.807, 2.05) is 50.5 Å². The lowest BCUT2D eigenvalue weighted by molar-refractivity contribution is -0.113. The standard InChI is InChI=1S/C24H30N4O4S2/c1-7-18-16(5)34-22(21(18)23(30)31-6)25-20(29)13-33-24-27-26-19(28(24)8-2)12-32-17-10-9-14(3)15(4)11-17/h9-11H,7-8,12-13H2,1-6H3,(H,25,29). The summed E-state index contributed by atoms with van der Waals surface area (Å²) in [7, 11) is 1.34. The Morgan fingerprint density at radius 2 is 1.91 bits per heavy atom. The predicted octanol–water partition coefficient (Wildman–Crippen LogP) is 4.94. The Morgan fingerprint density at radius 1 is 1.15 bits per heavy atom. The van der Waals surface area contributed by atoms with E-state index in [1.165, 1.54) is 41.3 Å². The number of thiophene rings is 1. The zero-order chi connectivity index (χ0) is 24.8. The van der Waals surface area contributed by atoms with Crippen molar-refractivity contribution in [1.29, 1.82) is 0 Å². The van der Waals surface area contributed by atoms with Crippen LogP contribution in [-0.2, 0) is 29.1 Å². The van der Waals surface area contributed by atoms with Crippen LogP contribution in [0.3, 0.4) is 0 Å². The van der Waals surface area contributed by atoms with E-state index in [-0.39, 0.29) is 18.3 Å². The molecule has 0 aliphatic heterocycles. The second-order valence-corrected chi connectivity index (χ2v) is 9.87. The second-order valence-electron chi connectivity index (χ2n) is 7.70. The molecule has 0 atom stereocenters. The Balaban J connectivity index is 1.65. The van der Waals surface area contributed by atoms with Crippen molar-refractivity contribution in [2.75, 3.05) is 18.2 Å². The maximum Gasteiger partial charge on any atom is 0.341 e. The first-order valence-electron chi connectivity index (χ1n) is 11.0. The van der Waals surface area contributed by atoms with Crippen LogP contribution in [-0.4, -0.2) is 39.5 Å². The van der Waals surface area contributed by atoms with Gasteiger partial charge in [-0.2, -0.15) is 0 Å². The number of carbonyl (C=O) groups excluding carboxylic acids is 2. The lowest BCUT2D eigenvalue weighted by Gasteiger charge is -2.10. The zero-order valence-corrected chi connectivity index (χ0v) is 22.0. The van der Waals surface area contributed by atoms with Gasteiger partial charge in [-0.05, 0) is 62.9 Å². The third-order valence-electron chi connectivity index (χ3n) is 5.49. The van der Waals surface area contributed by atoms with Crippen LogP contribution >= 0.6 is 23.1 Å². The van der Waals surface area contributed by atoms with Crippen LogP contribution in [0.1, 0.15) is 51.6 Å². The van der Waals surface area contributed by atoms with Crippen molar-refractivity contribution in [3.05, 3.63) is 51.2 Å². The number of nitrogens with one attached hydrogen (secondary N) is 1. The Morgan fingerprint density at radius 3 is 2.56 bits per heavy atom. The van der Waals surface area contributed by atoms with E-state index in [1.54, 1.807) is 0 Å². The fourth-order valence-electron chi connectivity index (χ4n) is 3.51. The summed E-state index contributed by atoms with van der Waals surface area (Å²) >= 11 is 2.68. The quantitative estimate of drug-likeness (QED) is 0.310. The molecule has 0 aliphatic carbocycles. The number of carbonyl (C=O) groups is 2. The average molecular weight is 503 g/mol. The summed E-state index contributed by atoms with van der Waals surface area (Å²) in [6.45, 7) is 11.0. The number of aromatic nitrogens is 3. The zero-order valence-electron chi connectivity index (χ0n) is 20.4. The first-order valence-corrected chi connectivity index (χ1v) is 12.8. The minimum atomic E-state index is -0.441. The molecule has 0 saturated carbocycles. The molecule has 2 aromatic heterocycles. The lowest BCUT2D eigenvalue weighted by Crippen LogP contribution is -2.17. The molecule has 0 bridgehead atoms. The molecule has 8 nitrogen and oxygen atoms in total. The fourth-order valence-corrected chi connectivity index (χ4v) is 5.48. The third kappa shape index (κ3) is 5.79. The van der Waals surface area contributed by atoms with Gasteiger partial charge in [-0.1, -0.05) is 24.8 Å². The van der Waals surface area contributed by atoms with E-state index in [2.05, 4.69) is 22.4 Å². The van der Waals surface area contributed by atoms with E-state index in [9.17, 15) is 9.59 Å². The molecule has 1 N–H and O–H groups in total. The highest BCUT2D eigenvalue weighted by Crippen LogP contribution is 2.34. The van der Waals surface area contributed by atoms with Gasteiger partial charge in [0.1, 0.15) is 17.4 Å². The van der Waals surface area contributed by atoms with Crippen LogP contribution in [0.4, 0.5) is 5.00 Å². The van der Waals surface area contributed by atoms with Crippen molar-refractivity contribution in [3.63, 3.8) is 0 Å². The number of hydrogen-bond donors (Lipinski definition) is 1. The molecule has 1 aromatic carbocycles. The summed E-state index contributed by atoms with van der Waals surface area (Å²) in [5.41, 5.74) is 3.72. The molecule has 34 heavy (non-hydrogen) atoms. The van der Waals surface area contributed by atoms with E-state index in [4.69, 9.17) is 9.47 Å². The van der Waals surface area contributed by atoms with E-state index in [0.717, 1.165) is 16.2 Å². The SMILES string of the molecule is CCc1c(C)sc(NC(=O)CSc2nnc(COc3ccc(C)c(C)c3)n2CC)c1C(=O)OC. The summed E-state index contributed by atoms with van der Waals surface area (Å²) in [5, 5.41) is 12.5. The molecule has 0 aliphatic rings. The third-order valence-corrected chi connectivity index (χ3v) is 7.52. The van der Waals surface area contributed by atoms with E-state index < -0.39 is 5.97 Å². The first-order chi connectivity index (χ1) is 16.3. The summed E-state index contributed by atoms with van der Waals surface area (Å²) in [6, 6.07) is 5.97. The van der Waals surface area contributed by atoms with Crippen molar-refractivity contribution in [1.82, 2.24) is 14.8 Å². The van der Waals surface area contributed by atoms with Gasteiger partial charge in [0.15, 0.2) is 11.0 Å². The number of ether oxygens (including phenoxy) is 2. The average Bonchev–Trinajstić information content (AvgIpc) is 3.36. The van der Waals surface area contributed by atoms with E-state index >= 15 is 0 Å². The number of esters is 1. The maximum atomic E-state index is 12.7. The van der Waals surface area contributed by atoms with Gasteiger partial charge in [0.2, 0.25) is 5.91 Å². The summed E-state index contributed by atoms with van der Waals surface area (Å²) in [4.78, 5) is 25.9. The van der Waals surface area contributed by atoms with Crippen LogP contribution in [0.2, 0.25) is 0 Å². The Hall–Kier alpha value is -2.85. The summed E-state index contributed by atoms with van der Waals surface area (Å²) in [6.07, 6.45) is 0.685. The molecule has 3 rings (SSSR count). The van der Waals surface area contributed by atoms with Gasteiger partial charge in [-0.3, -0.25) is 4.79 Å². The van der Waals surface area contributed by atoms with Gasteiger partial charge >= 0.3 is 5.97 Å². The summed E-state index contributed by atoms with van der Waals surface area (Å²) in [5.74, 6) is 0.940. The highest BCUT2D eigenvalue weighted by molar-refractivity contribution is 7.99. The van der Waals surface area contributed by atoms with Crippen molar-refractivity contribution in [2.45, 2.75) is 59.3 Å². The highest BCUT2D eigenvalue weighted by Gasteiger charge is 2.23. The molecule has 10 heteroatoms. The number of aryl methyl sites for hydroxylation is 3. The minimum Gasteiger partial charge on any atom is -0.486 e. The Labute approximate surface area is 208 Å². The normalized spacial score (nSPS) is 10.9. The summed E-state index contributed by atoms with van der Waals surface area (Å²) < 4.78 is 12.8. The number of hydrogen-bond acceptors (Lipinski definition) is 8. The van der Waals surface area contributed by atoms with Crippen LogP contribution < -0.4 is 10.1 Å². The second kappa shape index (κ2) is 11.5. The van der Waals surface area contributed by atoms with Gasteiger partial charge in [-0.25, -0.2) is 4.79 Å². The number of nitrogens with zero attached hydrogens (tertiary/aromatic N) is 3. The first kappa shape index (κ1) is 25.8. The van der Waals surface area contributed by atoms with Gasteiger partial charge in [0.25, 0.3) is 0 Å². The number of methoxy groups -OCH3 is 1. The van der Waals surface area contributed by atoms with Crippen LogP contribution in [0.25, 0.3) is 0 Å². The molecule has 1 amide bonds. The topological polar surface area (TPSA) is 95.3 Å². The molecular formula is C24H30N4O4S2. The fraction of sp³-hybridized carbons (Fsp3) is 0.417. The smallest absolute Gasteiger partial charge is 0.341 e. The maximum absolute atomic E-state index is 12.7. The van der Waals surface area contributed by atoms with E-state index in [0.29, 0.717) is 34.5 Å². The van der Waals surface area contributed by atoms with Crippen LogP contribution in [0.5, 0.6) is 5.75 Å². The van der Waals surface area contributed by atoms with Gasteiger partial charge in [0, 0.05) is 11.4 Å². The van der Waals surface area contributed by atoms with Crippen molar-refractivity contribution < 1.29 is 19.1 Å². The van der Waals surface area contributed by atoms with Gasteiger partial charge in [-0.15, -0.1) is 21.5 Å². The lowest BCUT2D eigenvalue weighted by atomic mass is 10.1. The minimum absolute atomic E-state index is 0.134. The van der Waals surface area contributed by atoms with Crippen molar-refractivity contribution in [3.8, 4) is 5.75 Å². The molecule has 2 heterocycles. The molecule has 0 radical (unpaired) electrons. The highest BCUT2D eigenvalue weighted by atomic mass is 32.2. The monoisotopic (exact) mass is 502 g/mol. The van der Waals surface area contributed by atoms with Crippen molar-refractivity contribution >= 4 is 40.0 Å². The largest absolute Gasteiger partial charge is 0.486 e. The van der Waals surface area contributed by atoms with Crippen LogP contribution in [0.15, 0.2) is 23.4 Å². The number of amides is 1. The van der Waals surface area contributed by atoms with Gasteiger partial charge in [0.05, 0.1) is 18.4 Å². The molecule has 0 spiro atoms.